The van der Waals surface area contributed by atoms with Crippen molar-refractivity contribution in [3.8, 4) is 5.75 Å². The SMILES string of the molecule is C[C@@H](N)c1cc(Br)ccc1OCc1cc(F)ccc1F. The standard InChI is InChI=1S/C15H14BrF2NO/c1-9(19)13-7-11(16)2-5-15(13)20-8-10-6-12(17)3-4-14(10)18/h2-7,9H,8,19H2,1H3/t9-/m1/s1. The Balaban J connectivity index is 2.20. The van der Waals surface area contributed by atoms with E-state index in [4.69, 9.17) is 10.5 Å². The van der Waals surface area contributed by atoms with Crippen molar-refractivity contribution in [2.45, 2.75) is 19.6 Å². The van der Waals surface area contributed by atoms with Crippen LogP contribution in [0.4, 0.5) is 8.78 Å². The summed E-state index contributed by atoms with van der Waals surface area (Å²) in [4.78, 5) is 0. The van der Waals surface area contributed by atoms with Crippen molar-refractivity contribution in [1.82, 2.24) is 0 Å². The van der Waals surface area contributed by atoms with Gasteiger partial charge in [-0.25, -0.2) is 8.78 Å². The number of hydrogen-bond donors (Lipinski definition) is 1. The Hall–Kier alpha value is -1.46. The third kappa shape index (κ3) is 3.55. The molecule has 0 saturated carbocycles. The molecule has 0 aliphatic rings. The number of rotatable bonds is 4. The summed E-state index contributed by atoms with van der Waals surface area (Å²) in [5.41, 5.74) is 6.84. The first kappa shape index (κ1) is 14.9. The molecule has 1 atom stereocenters. The number of benzene rings is 2. The second kappa shape index (κ2) is 6.33. The molecule has 0 spiro atoms. The van der Waals surface area contributed by atoms with Crippen LogP contribution in [0.5, 0.6) is 5.75 Å². The molecular formula is C15H14BrF2NO. The van der Waals surface area contributed by atoms with E-state index in [1.54, 1.807) is 6.07 Å². The summed E-state index contributed by atoms with van der Waals surface area (Å²) >= 11 is 3.36. The Morgan fingerprint density at radius 1 is 1.20 bits per heavy atom. The average Bonchev–Trinajstić information content (AvgIpc) is 2.40. The van der Waals surface area contributed by atoms with Gasteiger partial charge in [-0.05, 0) is 43.3 Å². The van der Waals surface area contributed by atoms with E-state index in [9.17, 15) is 8.78 Å². The second-order valence-electron chi connectivity index (χ2n) is 4.50. The highest BCUT2D eigenvalue weighted by Gasteiger charge is 2.11. The third-order valence-electron chi connectivity index (χ3n) is 2.85. The minimum absolute atomic E-state index is 0.0506. The smallest absolute Gasteiger partial charge is 0.130 e. The molecule has 0 radical (unpaired) electrons. The first-order valence-electron chi connectivity index (χ1n) is 6.09. The van der Waals surface area contributed by atoms with Gasteiger partial charge >= 0.3 is 0 Å². The second-order valence-corrected chi connectivity index (χ2v) is 5.41. The molecule has 2 N–H and O–H groups in total. The molecule has 2 aromatic rings. The van der Waals surface area contributed by atoms with E-state index in [1.807, 2.05) is 19.1 Å². The van der Waals surface area contributed by atoms with Gasteiger partial charge in [0.05, 0.1) is 0 Å². The minimum atomic E-state index is -0.495. The van der Waals surface area contributed by atoms with Gasteiger partial charge in [0, 0.05) is 21.6 Å². The van der Waals surface area contributed by atoms with E-state index in [2.05, 4.69) is 15.9 Å². The Morgan fingerprint density at radius 3 is 2.65 bits per heavy atom. The van der Waals surface area contributed by atoms with Crippen LogP contribution in [0.1, 0.15) is 24.1 Å². The zero-order chi connectivity index (χ0) is 14.7. The van der Waals surface area contributed by atoms with E-state index in [1.165, 1.54) is 0 Å². The van der Waals surface area contributed by atoms with Crippen LogP contribution in [0.2, 0.25) is 0 Å². The molecule has 0 unspecified atom stereocenters. The van der Waals surface area contributed by atoms with Crippen LogP contribution in [0, 0.1) is 11.6 Å². The maximum atomic E-state index is 13.5. The predicted octanol–water partition coefficient (Wildman–Crippen LogP) is 4.33. The molecule has 0 amide bonds. The van der Waals surface area contributed by atoms with Crippen LogP contribution in [0.25, 0.3) is 0 Å². The molecule has 0 heterocycles. The Morgan fingerprint density at radius 2 is 1.95 bits per heavy atom. The Bertz CT molecular complexity index is 617. The minimum Gasteiger partial charge on any atom is -0.488 e. The van der Waals surface area contributed by atoms with E-state index in [0.717, 1.165) is 28.2 Å². The lowest BCUT2D eigenvalue weighted by Gasteiger charge is -2.15. The molecule has 5 heteroatoms. The fraction of sp³-hybridized carbons (Fsp3) is 0.200. The summed E-state index contributed by atoms with van der Waals surface area (Å²) < 4.78 is 33.1. The summed E-state index contributed by atoms with van der Waals surface area (Å²) in [5.74, 6) is -0.425. The van der Waals surface area contributed by atoms with Crippen molar-refractivity contribution < 1.29 is 13.5 Å². The van der Waals surface area contributed by atoms with Crippen LogP contribution in [0.3, 0.4) is 0 Å². The van der Waals surface area contributed by atoms with E-state index in [-0.39, 0.29) is 18.2 Å². The van der Waals surface area contributed by atoms with Gasteiger partial charge in [0.2, 0.25) is 0 Å². The quantitative estimate of drug-likeness (QED) is 0.898. The summed E-state index contributed by atoms with van der Waals surface area (Å²) in [6.45, 7) is 1.78. The van der Waals surface area contributed by atoms with Crippen LogP contribution >= 0.6 is 15.9 Å². The maximum absolute atomic E-state index is 13.5. The molecule has 0 fully saturated rings. The monoisotopic (exact) mass is 341 g/mol. The molecule has 0 aromatic heterocycles. The lowest BCUT2D eigenvalue weighted by Crippen LogP contribution is -2.08. The highest BCUT2D eigenvalue weighted by molar-refractivity contribution is 9.10. The first-order chi connectivity index (χ1) is 9.47. The van der Waals surface area contributed by atoms with Crippen molar-refractivity contribution >= 4 is 15.9 Å². The molecule has 0 saturated heterocycles. The fourth-order valence-corrected chi connectivity index (χ4v) is 2.19. The van der Waals surface area contributed by atoms with Gasteiger partial charge in [-0.3, -0.25) is 0 Å². The molecule has 2 aromatic carbocycles. The molecule has 106 valence electrons. The van der Waals surface area contributed by atoms with Gasteiger partial charge in [0.25, 0.3) is 0 Å². The lowest BCUT2D eigenvalue weighted by atomic mass is 10.1. The average molecular weight is 342 g/mol. The molecule has 2 nitrogen and oxygen atoms in total. The van der Waals surface area contributed by atoms with Crippen LogP contribution < -0.4 is 10.5 Å². The third-order valence-corrected chi connectivity index (χ3v) is 3.35. The van der Waals surface area contributed by atoms with Gasteiger partial charge in [-0.1, -0.05) is 15.9 Å². The summed E-state index contributed by atoms with van der Waals surface area (Å²) in [6, 6.07) is 8.47. The van der Waals surface area contributed by atoms with Crippen molar-refractivity contribution in [1.29, 1.82) is 0 Å². The topological polar surface area (TPSA) is 35.2 Å². The first-order valence-corrected chi connectivity index (χ1v) is 6.88. The maximum Gasteiger partial charge on any atom is 0.130 e. The van der Waals surface area contributed by atoms with Crippen LogP contribution in [-0.4, -0.2) is 0 Å². The molecule has 0 aliphatic carbocycles. The molecule has 0 aliphatic heterocycles. The number of hydrogen-bond acceptors (Lipinski definition) is 2. The van der Waals surface area contributed by atoms with Gasteiger partial charge < -0.3 is 10.5 Å². The zero-order valence-electron chi connectivity index (χ0n) is 10.9. The van der Waals surface area contributed by atoms with Gasteiger partial charge in [0.15, 0.2) is 0 Å². The summed E-state index contributed by atoms with van der Waals surface area (Å²) in [7, 11) is 0. The molecule has 20 heavy (non-hydrogen) atoms. The molecular weight excluding hydrogens is 328 g/mol. The highest BCUT2D eigenvalue weighted by atomic mass is 79.9. The van der Waals surface area contributed by atoms with Crippen LogP contribution in [-0.2, 0) is 6.61 Å². The van der Waals surface area contributed by atoms with E-state index in [0.29, 0.717) is 5.75 Å². The van der Waals surface area contributed by atoms with Crippen molar-refractivity contribution in [2.75, 3.05) is 0 Å². The predicted molar refractivity (Wildman–Crippen MR) is 77.4 cm³/mol. The van der Waals surface area contributed by atoms with Crippen LogP contribution in [0.15, 0.2) is 40.9 Å². The van der Waals surface area contributed by atoms with E-state index < -0.39 is 11.6 Å². The Labute approximate surface area is 124 Å². The number of ether oxygens (including phenoxy) is 1. The van der Waals surface area contributed by atoms with Crippen molar-refractivity contribution in [3.63, 3.8) is 0 Å². The molecule has 0 bridgehead atoms. The molecule has 2 rings (SSSR count). The Kier molecular flexibility index (Phi) is 4.73. The van der Waals surface area contributed by atoms with Crippen molar-refractivity contribution in [2.24, 2.45) is 5.73 Å². The summed E-state index contributed by atoms with van der Waals surface area (Å²) in [6.07, 6.45) is 0. The lowest BCUT2D eigenvalue weighted by molar-refractivity contribution is 0.294. The number of nitrogens with two attached hydrogens (primary N) is 1. The van der Waals surface area contributed by atoms with Gasteiger partial charge in [0.1, 0.15) is 24.0 Å². The summed E-state index contributed by atoms with van der Waals surface area (Å²) in [5, 5.41) is 0. The van der Waals surface area contributed by atoms with Gasteiger partial charge in [-0.15, -0.1) is 0 Å². The normalized spacial score (nSPS) is 12.2. The largest absolute Gasteiger partial charge is 0.488 e. The highest BCUT2D eigenvalue weighted by Crippen LogP contribution is 2.28. The zero-order valence-corrected chi connectivity index (χ0v) is 12.5. The van der Waals surface area contributed by atoms with Gasteiger partial charge in [-0.2, -0.15) is 0 Å². The fourth-order valence-electron chi connectivity index (χ4n) is 1.82. The van der Waals surface area contributed by atoms with E-state index >= 15 is 0 Å². The van der Waals surface area contributed by atoms with Crippen molar-refractivity contribution in [3.05, 3.63) is 63.6 Å². The number of halogens is 3.